The molecule has 1 aliphatic heterocycles. The molecule has 1 saturated heterocycles. The van der Waals surface area contributed by atoms with Gasteiger partial charge in [0.2, 0.25) is 0 Å². The minimum Gasteiger partial charge on any atom is -0.492 e. The maximum atomic E-state index is 5.70. The van der Waals surface area contributed by atoms with Crippen LogP contribution in [0, 0.1) is 0 Å². The topological polar surface area (TPSA) is 30.5 Å². The van der Waals surface area contributed by atoms with Gasteiger partial charge in [-0.3, -0.25) is 0 Å². The SMILES string of the molecule is CCOc1c(Br)cc(Br)cc1CNC1CCOC1. The number of hydrogen-bond acceptors (Lipinski definition) is 3. The van der Waals surface area contributed by atoms with Gasteiger partial charge in [-0.2, -0.15) is 0 Å². The van der Waals surface area contributed by atoms with Gasteiger partial charge in [-0.05, 0) is 41.4 Å². The van der Waals surface area contributed by atoms with E-state index >= 15 is 0 Å². The molecule has 0 saturated carbocycles. The van der Waals surface area contributed by atoms with Crippen LogP contribution in [0.15, 0.2) is 21.1 Å². The van der Waals surface area contributed by atoms with E-state index in [1.54, 1.807) is 0 Å². The first-order valence-electron chi connectivity index (χ1n) is 6.12. The van der Waals surface area contributed by atoms with Crippen LogP contribution in [-0.2, 0) is 11.3 Å². The van der Waals surface area contributed by atoms with E-state index < -0.39 is 0 Å². The van der Waals surface area contributed by atoms with Gasteiger partial charge in [0.25, 0.3) is 0 Å². The quantitative estimate of drug-likeness (QED) is 0.850. The Morgan fingerprint density at radius 1 is 1.44 bits per heavy atom. The Hall–Kier alpha value is -0.100. The van der Waals surface area contributed by atoms with Crippen molar-refractivity contribution in [3.05, 3.63) is 26.6 Å². The van der Waals surface area contributed by atoms with Crippen molar-refractivity contribution in [2.24, 2.45) is 0 Å². The van der Waals surface area contributed by atoms with Crippen LogP contribution in [0.1, 0.15) is 18.9 Å². The van der Waals surface area contributed by atoms with E-state index in [1.165, 1.54) is 0 Å². The van der Waals surface area contributed by atoms with Crippen molar-refractivity contribution in [2.45, 2.75) is 25.9 Å². The number of benzene rings is 1. The first kappa shape index (κ1) is 14.3. The molecule has 1 fully saturated rings. The summed E-state index contributed by atoms with van der Waals surface area (Å²) in [5.74, 6) is 0.923. The third-order valence-corrected chi connectivity index (χ3v) is 3.93. The van der Waals surface area contributed by atoms with Crippen LogP contribution in [0.3, 0.4) is 0 Å². The highest BCUT2D eigenvalue weighted by molar-refractivity contribution is 9.11. The molecule has 3 nitrogen and oxygen atoms in total. The Morgan fingerprint density at radius 3 is 2.94 bits per heavy atom. The molecule has 0 aliphatic carbocycles. The van der Waals surface area contributed by atoms with E-state index in [0.717, 1.165) is 46.4 Å². The van der Waals surface area contributed by atoms with E-state index in [4.69, 9.17) is 9.47 Å². The van der Waals surface area contributed by atoms with E-state index in [2.05, 4.69) is 43.2 Å². The van der Waals surface area contributed by atoms with Crippen molar-refractivity contribution in [1.82, 2.24) is 5.32 Å². The molecule has 0 bridgehead atoms. The van der Waals surface area contributed by atoms with Gasteiger partial charge in [-0.15, -0.1) is 0 Å². The maximum absolute atomic E-state index is 5.70. The summed E-state index contributed by atoms with van der Waals surface area (Å²) in [6.07, 6.45) is 1.08. The number of hydrogen-bond donors (Lipinski definition) is 1. The van der Waals surface area contributed by atoms with Crippen molar-refractivity contribution in [3.8, 4) is 5.75 Å². The molecule has 18 heavy (non-hydrogen) atoms. The molecule has 1 N–H and O–H groups in total. The fourth-order valence-electron chi connectivity index (χ4n) is 2.00. The number of nitrogens with one attached hydrogen (secondary N) is 1. The van der Waals surface area contributed by atoms with Crippen LogP contribution in [0.4, 0.5) is 0 Å². The van der Waals surface area contributed by atoms with Gasteiger partial charge in [0.1, 0.15) is 5.75 Å². The Balaban J connectivity index is 2.08. The fraction of sp³-hybridized carbons (Fsp3) is 0.538. The van der Waals surface area contributed by atoms with Crippen molar-refractivity contribution < 1.29 is 9.47 Å². The summed E-state index contributed by atoms with van der Waals surface area (Å²) in [7, 11) is 0. The molecule has 0 aromatic heterocycles. The van der Waals surface area contributed by atoms with Gasteiger partial charge >= 0.3 is 0 Å². The molecule has 1 aliphatic rings. The summed E-state index contributed by atoms with van der Waals surface area (Å²) in [4.78, 5) is 0. The molecule has 0 radical (unpaired) electrons. The minimum atomic E-state index is 0.456. The Labute approximate surface area is 124 Å². The molecule has 1 atom stereocenters. The molecule has 1 unspecified atom stereocenters. The van der Waals surface area contributed by atoms with E-state index in [0.29, 0.717) is 12.6 Å². The second-order valence-electron chi connectivity index (χ2n) is 4.25. The smallest absolute Gasteiger partial charge is 0.138 e. The molecule has 5 heteroatoms. The average Bonchev–Trinajstić information content (AvgIpc) is 2.83. The van der Waals surface area contributed by atoms with E-state index in [9.17, 15) is 0 Å². The molecule has 2 rings (SSSR count). The normalized spacial score (nSPS) is 19.2. The minimum absolute atomic E-state index is 0.456. The first-order valence-corrected chi connectivity index (χ1v) is 7.71. The zero-order chi connectivity index (χ0) is 13.0. The van der Waals surface area contributed by atoms with Crippen LogP contribution < -0.4 is 10.1 Å². The van der Waals surface area contributed by atoms with Gasteiger partial charge in [0, 0.05) is 29.2 Å². The van der Waals surface area contributed by atoms with E-state index in [-0.39, 0.29) is 0 Å². The number of halogens is 2. The van der Waals surface area contributed by atoms with Crippen molar-refractivity contribution in [1.29, 1.82) is 0 Å². The maximum Gasteiger partial charge on any atom is 0.138 e. The number of ether oxygens (including phenoxy) is 2. The van der Waals surface area contributed by atoms with Crippen LogP contribution in [-0.4, -0.2) is 25.9 Å². The molecule has 100 valence electrons. The molecular weight excluding hydrogens is 362 g/mol. The van der Waals surface area contributed by atoms with Crippen LogP contribution >= 0.6 is 31.9 Å². The van der Waals surface area contributed by atoms with Gasteiger partial charge in [0.05, 0.1) is 17.7 Å². The lowest BCUT2D eigenvalue weighted by Gasteiger charge is -2.16. The molecule has 1 aromatic rings. The van der Waals surface area contributed by atoms with Gasteiger partial charge in [-0.1, -0.05) is 15.9 Å². The Kier molecular flexibility index (Phi) is 5.48. The third kappa shape index (κ3) is 3.70. The van der Waals surface area contributed by atoms with Gasteiger partial charge in [-0.25, -0.2) is 0 Å². The lowest BCUT2D eigenvalue weighted by atomic mass is 10.1. The zero-order valence-corrected chi connectivity index (χ0v) is 13.5. The van der Waals surface area contributed by atoms with Crippen molar-refractivity contribution in [2.75, 3.05) is 19.8 Å². The summed E-state index contributed by atoms with van der Waals surface area (Å²) in [6, 6.07) is 4.56. The predicted octanol–water partition coefficient (Wildman–Crippen LogP) is 3.49. The molecule has 0 amide bonds. The highest BCUT2D eigenvalue weighted by atomic mass is 79.9. The van der Waals surface area contributed by atoms with Crippen LogP contribution in [0.5, 0.6) is 5.75 Å². The van der Waals surface area contributed by atoms with Gasteiger partial charge in [0.15, 0.2) is 0 Å². The first-order chi connectivity index (χ1) is 8.70. The second kappa shape index (κ2) is 6.89. The summed E-state index contributed by atoms with van der Waals surface area (Å²) >= 11 is 7.06. The fourth-order valence-corrected chi connectivity index (χ4v) is 3.43. The van der Waals surface area contributed by atoms with Crippen molar-refractivity contribution in [3.63, 3.8) is 0 Å². The Bertz CT molecular complexity index is 406. The van der Waals surface area contributed by atoms with Crippen LogP contribution in [0.2, 0.25) is 0 Å². The average molecular weight is 379 g/mol. The summed E-state index contributed by atoms with van der Waals surface area (Å²) in [6.45, 7) is 5.12. The summed E-state index contributed by atoms with van der Waals surface area (Å²) in [5.41, 5.74) is 1.16. The summed E-state index contributed by atoms with van der Waals surface area (Å²) in [5, 5.41) is 3.50. The lowest BCUT2D eigenvalue weighted by molar-refractivity contribution is 0.189. The van der Waals surface area contributed by atoms with Gasteiger partial charge < -0.3 is 14.8 Å². The Morgan fingerprint density at radius 2 is 2.28 bits per heavy atom. The lowest BCUT2D eigenvalue weighted by Crippen LogP contribution is -2.28. The zero-order valence-electron chi connectivity index (χ0n) is 10.3. The molecule has 1 aromatic carbocycles. The second-order valence-corrected chi connectivity index (χ2v) is 6.02. The highest BCUT2D eigenvalue weighted by Crippen LogP contribution is 2.33. The predicted molar refractivity (Wildman–Crippen MR) is 79.1 cm³/mol. The largest absolute Gasteiger partial charge is 0.492 e. The van der Waals surface area contributed by atoms with Crippen LogP contribution in [0.25, 0.3) is 0 Å². The van der Waals surface area contributed by atoms with E-state index in [1.807, 2.05) is 13.0 Å². The molecular formula is C13H17Br2NO2. The standard InChI is InChI=1S/C13H17Br2NO2/c1-2-18-13-9(5-10(14)6-12(13)15)7-16-11-3-4-17-8-11/h5-6,11,16H,2-4,7-8H2,1H3. The number of rotatable bonds is 5. The highest BCUT2D eigenvalue weighted by Gasteiger charge is 2.16. The summed E-state index contributed by atoms with van der Waals surface area (Å²) < 4.78 is 13.1. The van der Waals surface area contributed by atoms with Crippen molar-refractivity contribution >= 4 is 31.9 Å². The molecule has 1 heterocycles. The third-order valence-electron chi connectivity index (χ3n) is 2.88. The monoisotopic (exact) mass is 377 g/mol. The molecule has 0 spiro atoms.